The average molecular weight is 409 g/mol. The Morgan fingerprint density at radius 1 is 1.03 bits per heavy atom. The van der Waals surface area contributed by atoms with Crippen molar-refractivity contribution >= 4 is 5.91 Å². The molecule has 2 aromatic heterocycles. The summed E-state index contributed by atoms with van der Waals surface area (Å²) in [6.45, 7) is 4.63. The summed E-state index contributed by atoms with van der Waals surface area (Å²) < 4.78 is 3.52. The van der Waals surface area contributed by atoms with Crippen LogP contribution in [0.2, 0.25) is 0 Å². The van der Waals surface area contributed by atoms with Crippen LogP contribution in [0.5, 0.6) is 0 Å². The second kappa shape index (κ2) is 10.1. The summed E-state index contributed by atoms with van der Waals surface area (Å²) in [6.07, 6.45) is 9.47. The number of nitrogens with zero attached hydrogens (tertiary/aromatic N) is 7. The maximum Gasteiger partial charge on any atom is 0.273 e. The first-order chi connectivity index (χ1) is 14.8. The van der Waals surface area contributed by atoms with Gasteiger partial charge in [0, 0.05) is 13.1 Å². The van der Waals surface area contributed by atoms with Crippen LogP contribution in [0, 0.1) is 0 Å². The van der Waals surface area contributed by atoms with Crippen LogP contribution < -0.4 is 5.32 Å². The molecule has 0 aliphatic carbocycles. The van der Waals surface area contributed by atoms with Gasteiger partial charge in [-0.2, -0.15) is 5.10 Å². The zero-order chi connectivity index (χ0) is 20.6. The number of nitrogens with one attached hydrogen (secondary N) is 1. The Kier molecular flexibility index (Phi) is 6.81. The van der Waals surface area contributed by atoms with Gasteiger partial charge in [0.1, 0.15) is 12.7 Å². The highest BCUT2D eigenvalue weighted by atomic mass is 16.2. The summed E-state index contributed by atoms with van der Waals surface area (Å²) in [5.41, 5.74) is 1.39. The SMILES string of the molecule is O=C(N[C@H](CCn1cncn1)c1ccccc1)c1cn(CCN2CCCCC2)nn1. The third-order valence-corrected chi connectivity index (χ3v) is 5.49. The molecule has 0 saturated carbocycles. The largest absolute Gasteiger partial charge is 0.344 e. The lowest BCUT2D eigenvalue weighted by Gasteiger charge is -2.25. The van der Waals surface area contributed by atoms with Crippen molar-refractivity contribution in [1.29, 1.82) is 0 Å². The van der Waals surface area contributed by atoms with E-state index in [1.165, 1.54) is 25.6 Å². The Labute approximate surface area is 176 Å². The fourth-order valence-corrected chi connectivity index (χ4v) is 3.79. The number of hydrogen-bond acceptors (Lipinski definition) is 6. The normalized spacial score (nSPS) is 15.7. The molecule has 1 aliphatic heterocycles. The lowest BCUT2D eigenvalue weighted by atomic mass is 10.0. The highest BCUT2D eigenvalue weighted by molar-refractivity contribution is 5.92. The Hall–Kier alpha value is -3.07. The van der Waals surface area contributed by atoms with Crippen LogP contribution in [0.3, 0.4) is 0 Å². The van der Waals surface area contributed by atoms with Gasteiger partial charge in [-0.1, -0.05) is 42.0 Å². The summed E-state index contributed by atoms with van der Waals surface area (Å²) >= 11 is 0. The van der Waals surface area contributed by atoms with Crippen molar-refractivity contribution in [2.75, 3.05) is 19.6 Å². The monoisotopic (exact) mass is 408 g/mol. The van der Waals surface area contributed by atoms with Crippen molar-refractivity contribution in [2.45, 2.75) is 44.8 Å². The van der Waals surface area contributed by atoms with E-state index in [0.29, 0.717) is 18.7 Å². The van der Waals surface area contributed by atoms with Gasteiger partial charge in [-0.3, -0.25) is 14.2 Å². The molecule has 3 aromatic rings. The number of benzene rings is 1. The molecular formula is C21H28N8O. The summed E-state index contributed by atoms with van der Waals surface area (Å²) in [5, 5.41) is 15.5. The number of aromatic nitrogens is 6. The highest BCUT2D eigenvalue weighted by Crippen LogP contribution is 2.18. The number of piperidine rings is 1. The van der Waals surface area contributed by atoms with Crippen molar-refractivity contribution in [1.82, 2.24) is 40.0 Å². The average Bonchev–Trinajstić information content (AvgIpc) is 3.49. The minimum Gasteiger partial charge on any atom is -0.344 e. The molecule has 1 N–H and O–H groups in total. The summed E-state index contributed by atoms with van der Waals surface area (Å²) in [4.78, 5) is 19.3. The number of carbonyl (C=O) groups is 1. The third kappa shape index (κ3) is 5.50. The van der Waals surface area contributed by atoms with Crippen LogP contribution >= 0.6 is 0 Å². The molecule has 1 saturated heterocycles. The van der Waals surface area contributed by atoms with Crippen molar-refractivity contribution in [3.05, 3.63) is 60.4 Å². The zero-order valence-electron chi connectivity index (χ0n) is 17.1. The Morgan fingerprint density at radius 3 is 2.63 bits per heavy atom. The Bertz CT molecular complexity index is 902. The Morgan fingerprint density at radius 2 is 1.87 bits per heavy atom. The van der Waals surface area contributed by atoms with E-state index in [0.717, 1.165) is 31.7 Å². The predicted octanol–water partition coefficient (Wildman–Crippen LogP) is 1.92. The van der Waals surface area contributed by atoms with Gasteiger partial charge in [0.05, 0.1) is 18.8 Å². The van der Waals surface area contributed by atoms with Gasteiger partial charge in [0.25, 0.3) is 5.91 Å². The fourth-order valence-electron chi connectivity index (χ4n) is 3.79. The van der Waals surface area contributed by atoms with Gasteiger partial charge in [-0.15, -0.1) is 5.10 Å². The van der Waals surface area contributed by atoms with Crippen LogP contribution in [0.1, 0.15) is 47.8 Å². The van der Waals surface area contributed by atoms with E-state index >= 15 is 0 Å². The molecule has 9 heteroatoms. The lowest BCUT2D eigenvalue weighted by molar-refractivity contribution is 0.0928. The Balaban J connectivity index is 1.36. The predicted molar refractivity (Wildman–Crippen MR) is 112 cm³/mol. The van der Waals surface area contributed by atoms with Gasteiger partial charge in [0.2, 0.25) is 0 Å². The van der Waals surface area contributed by atoms with Crippen molar-refractivity contribution in [2.24, 2.45) is 0 Å². The van der Waals surface area contributed by atoms with Crippen LogP contribution in [0.4, 0.5) is 0 Å². The molecule has 9 nitrogen and oxygen atoms in total. The van der Waals surface area contributed by atoms with E-state index in [1.807, 2.05) is 30.3 Å². The van der Waals surface area contributed by atoms with Gasteiger partial charge in [-0.25, -0.2) is 4.98 Å². The first-order valence-corrected chi connectivity index (χ1v) is 10.6. The van der Waals surface area contributed by atoms with E-state index in [2.05, 4.69) is 30.6 Å². The first-order valence-electron chi connectivity index (χ1n) is 10.6. The molecule has 30 heavy (non-hydrogen) atoms. The second-order valence-electron chi connectivity index (χ2n) is 7.65. The molecule has 1 aliphatic rings. The van der Waals surface area contributed by atoms with Crippen molar-refractivity contribution in [3.8, 4) is 0 Å². The maximum absolute atomic E-state index is 12.8. The van der Waals surface area contributed by atoms with Gasteiger partial charge in [-0.05, 0) is 37.9 Å². The minimum absolute atomic E-state index is 0.151. The van der Waals surface area contributed by atoms with Gasteiger partial charge < -0.3 is 10.2 Å². The molecule has 1 fully saturated rings. The number of hydrogen-bond donors (Lipinski definition) is 1. The highest BCUT2D eigenvalue weighted by Gasteiger charge is 2.19. The number of amides is 1. The molecule has 3 heterocycles. The van der Waals surface area contributed by atoms with E-state index in [-0.39, 0.29) is 11.9 Å². The number of rotatable bonds is 9. The lowest BCUT2D eigenvalue weighted by Crippen LogP contribution is -2.32. The molecule has 0 unspecified atom stereocenters. The summed E-state index contributed by atoms with van der Waals surface area (Å²) in [7, 11) is 0. The molecule has 0 spiro atoms. The quantitative estimate of drug-likeness (QED) is 0.581. The summed E-state index contributed by atoms with van der Waals surface area (Å²) in [6, 6.07) is 9.79. The zero-order valence-corrected chi connectivity index (χ0v) is 17.1. The minimum atomic E-state index is -0.216. The van der Waals surface area contributed by atoms with Gasteiger partial charge >= 0.3 is 0 Å². The molecule has 158 valence electrons. The fraction of sp³-hybridized carbons (Fsp3) is 0.476. The van der Waals surface area contributed by atoms with Crippen molar-refractivity contribution in [3.63, 3.8) is 0 Å². The smallest absolute Gasteiger partial charge is 0.273 e. The van der Waals surface area contributed by atoms with Crippen LogP contribution in [-0.4, -0.2) is 60.2 Å². The number of aryl methyl sites for hydroxylation is 1. The van der Waals surface area contributed by atoms with E-state index < -0.39 is 0 Å². The molecular weight excluding hydrogens is 380 g/mol. The van der Waals surface area contributed by atoms with E-state index in [4.69, 9.17) is 0 Å². The van der Waals surface area contributed by atoms with E-state index in [9.17, 15) is 4.79 Å². The van der Waals surface area contributed by atoms with Crippen LogP contribution in [-0.2, 0) is 13.1 Å². The molecule has 4 rings (SSSR count). The molecule has 0 bridgehead atoms. The van der Waals surface area contributed by atoms with E-state index in [1.54, 1.807) is 21.9 Å². The molecule has 1 aromatic carbocycles. The molecule has 1 atom stereocenters. The van der Waals surface area contributed by atoms with Crippen molar-refractivity contribution < 1.29 is 4.79 Å². The standard InChI is InChI=1S/C21H28N8O/c30-21(20-15-28(26-25-20)14-13-27-10-5-2-6-11-27)24-19(18-7-3-1-4-8-18)9-12-29-17-22-16-23-29/h1,3-4,7-8,15-17,19H,2,5-6,9-14H2,(H,24,30)/t19-/m1/s1. The van der Waals surface area contributed by atoms with Gasteiger partial charge in [0.15, 0.2) is 5.69 Å². The number of likely N-dealkylation sites (tertiary alicyclic amines) is 1. The maximum atomic E-state index is 12.8. The van der Waals surface area contributed by atoms with Crippen LogP contribution in [0.25, 0.3) is 0 Å². The topological polar surface area (TPSA) is 93.8 Å². The second-order valence-corrected chi connectivity index (χ2v) is 7.65. The summed E-state index contributed by atoms with van der Waals surface area (Å²) in [5.74, 6) is -0.216. The molecule has 0 radical (unpaired) electrons. The number of carbonyl (C=O) groups excluding carboxylic acids is 1. The first kappa shape index (κ1) is 20.2. The van der Waals surface area contributed by atoms with Crippen LogP contribution in [0.15, 0.2) is 49.2 Å². The molecule has 1 amide bonds. The third-order valence-electron chi connectivity index (χ3n) is 5.49.